The molecule has 2 atom stereocenters. The number of hydrogen-bond acceptors (Lipinski definition) is 0. The van der Waals surface area contributed by atoms with Gasteiger partial charge >= 0.3 is 0 Å². The van der Waals surface area contributed by atoms with E-state index in [1.807, 2.05) is 0 Å². The van der Waals surface area contributed by atoms with Crippen LogP contribution in [-0.4, -0.2) is 0 Å². The quantitative estimate of drug-likeness (QED) is 0.571. The molecule has 2 unspecified atom stereocenters. The molecule has 4 aliphatic rings. The van der Waals surface area contributed by atoms with Crippen molar-refractivity contribution >= 4 is 0 Å². The third-order valence-corrected chi connectivity index (χ3v) is 6.88. The summed E-state index contributed by atoms with van der Waals surface area (Å²) in [6.07, 6.45) is 21.4. The first kappa shape index (κ1) is 15.4. The molecule has 0 nitrogen and oxygen atoms in total. The zero-order chi connectivity index (χ0) is 16.6. The van der Waals surface area contributed by atoms with Crippen LogP contribution in [0.5, 0.6) is 0 Å². The van der Waals surface area contributed by atoms with Crippen molar-refractivity contribution in [2.45, 2.75) is 63.7 Å². The zero-order valence-electron chi connectivity index (χ0n) is 15.1. The highest BCUT2D eigenvalue weighted by molar-refractivity contribution is 5.47. The van der Waals surface area contributed by atoms with Gasteiger partial charge in [0.15, 0.2) is 0 Å². The average molecular weight is 328 g/mol. The number of allylic oxidation sites excluding steroid dienone is 8. The molecule has 1 aromatic rings. The van der Waals surface area contributed by atoms with Gasteiger partial charge in [0.2, 0.25) is 0 Å². The Kier molecular flexibility index (Phi) is 4.00. The summed E-state index contributed by atoms with van der Waals surface area (Å²) < 4.78 is 0. The molecule has 0 aromatic heterocycles. The molecule has 0 bridgehead atoms. The topological polar surface area (TPSA) is 0 Å². The van der Waals surface area contributed by atoms with Crippen molar-refractivity contribution in [2.24, 2.45) is 5.92 Å². The van der Waals surface area contributed by atoms with Gasteiger partial charge in [-0.2, -0.15) is 0 Å². The zero-order valence-corrected chi connectivity index (χ0v) is 15.1. The van der Waals surface area contributed by atoms with Crippen molar-refractivity contribution in [1.82, 2.24) is 0 Å². The van der Waals surface area contributed by atoms with E-state index >= 15 is 0 Å². The van der Waals surface area contributed by atoms with Gasteiger partial charge < -0.3 is 0 Å². The first-order chi connectivity index (χ1) is 12.4. The second kappa shape index (κ2) is 6.48. The summed E-state index contributed by atoms with van der Waals surface area (Å²) >= 11 is 0. The van der Waals surface area contributed by atoms with Crippen molar-refractivity contribution in [3.8, 4) is 0 Å². The Labute approximate surface area is 152 Å². The van der Waals surface area contributed by atoms with Gasteiger partial charge in [-0.1, -0.05) is 59.7 Å². The van der Waals surface area contributed by atoms with Gasteiger partial charge in [0.1, 0.15) is 0 Å². The summed E-state index contributed by atoms with van der Waals surface area (Å²) in [5.74, 6) is 1.41. The van der Waals surface area contributed by atoms with Crippen LogP contribution in [0.4, 0.5) is 0 Å². The lowest BCUT2D eigenvalue weighted by molar-refractivity contribution is 0.604. The van der Waals surface area contributed by atoms with E-state index in [0.29, 0.717) is 5.92 Å². The fraction of sp³-hybridized carbons (Fsp3) is 0.440. The molecule has 0 aliphatic heterocycles. The molecule has 0 N–H and O–H groups in total. The smallest absolute Gasteiger partial charge is 0.00945 e. The van der Waals surface area contributed by atoms with Gasteiger partial charge in [-0.05, 0) is 86.0 Å². The Bertz CT molecular complexity index is 799. The largest absolute Gasteiger partial charge is 0.0839 e. The lowest BCUT2D eigenvalue weighted by Crippen LogP contribution is -2.09. The van der Waals surface area contributed by atoms with Gasteiger partial charge in [-0.25, -0.2) is 0 Å². The Morgan fingerprint density at radius 3 is 2.36 bits per heavy atom. The monoisotopic (exact) mass is 328 g/mol. The normalized spacial score (nSPS) is 27.8. The molecule has 0 heteroatoms. The minimum atomic E-state index is 0.652. The minimum absolute atomic E-state index is 0.652. The van der Waals surface area contributed by atoms with Crippen LogP contribution in [0.15, 0.2) is 70.9 Å². The summed E-state index contributed by atoms with van der Waals surface area (Å²) in [6, 6.07) is 9.33. The summed E-state index contributed by atoms with van der Waals surface area (Å²) in [4.78, 5) is 0. The lowest BCUT2D eigenvalue weighted by Gasteiger charge is -2.22. The Morgan fingerprint density at radius 1 is 0.760 bits per heavy atom. The lowest BCUT2D eigenvalue weighted by atomic mass is 9.82. The summed E-state index contributed by atoms with van der Waals surface area (Å²) in [5, 5.41) is 0. The highest BCUT2D eigenvalue weighted by Crippen LogP contribution is 2.46. The molecule has 0 saturated heterocycles. The molecular formula is C25H28. The van der Waals surface area contributed by atoms with E-state index in [-0.39, 0.29) is 0 Å². The van der Waals surface area contributed by atoms with Crippen LogP contribution in [0.3, 0.4) is 0 Å². The average Bonchev–Trinajstić information content (AvgIpc) is 3.27. The van der Waals surface area contributed by atoms with Crippen LogP contribution in [0.2, 0.25) is 0 Å². The van der Waals surface area contributed by atoms with Gasteiger partial charge in [0.05, 0.1) is 0 Å². The van der Waals surface area contributed by atoms with Gasteiger partial charge in [0.25, 0.3) is 0 Å². The Hall–Kier alpha value is -1.82. The van der Waals surface area contributed by atoms with Crippen molar-refractivity contribution < 1.29 is 0 Å². The van der Waals surface area contributed by atoms with E-state index in [2.05, 4.69) is 48.6 Å². The van der Waals surface area contributed by atoms with Gasteiger partial charge in [0, 0.05) is 5.92 Å². The summed E-state index contributed by atoms with van der Waals surface area (Å²) in [6.45, 7) is 0. The molecule has 25 heavy (non-hydrogen) atoms. The van der Waals surface area contributed by atoms with Crippen molar-refractivity contribution in [3.05, 3.63) is 82.0 Å². The summed E-state index contributed by atoms with van der Waals surface area (Å²) in [7, 11) is 0. The number of rotatable bonds is 3. The first-order valence-corrected chi connectivity index (χ1v) is 10.2. The maximum absolute atomic E-state index is 2.44. The molecule has 0 heterocycles. The fourth-order valence-corrected chi connectivity index (χ4v) is 5.62. The van der Waals surface area contributed by atoms with Crippen molar-refractivity contribution in [1.29, 1.82) is 0 Å². The van der Waals surface area contributed by atoms with Crippen molar-refractivity contribution in [3.63, 3.8) is 0 Å². The molecular weight excluding hydrogens is 300 g/mol. The minimum Gasteiger partial charge on any atom is -0.0839 e. The molecule has 0 saturated carbocycles. The third kappa shape index (κ3) is 2.76. The first-order valence-electron chi connectivity index (χ1n) is 10.2. The van der Waals surface area contributed by atoms with Crippen LogP contribution in [-0.2, 0) is 6.42 Å². The van der Waals surface area contributed by atoms with Gasteiger partial charge in [-0.3, -0.25) is 0 Å². The Morgan fingerprint density at radius 2 is 1.48 bits per heavy atom. The second-order valence-electron chi connectivity index (χ2n) is 8.23. The number of hydrogen-bond donors (Lipinski definition) is 0. The molecule has 128 valence electrons. The molecule has 5 rings (SSSR count). The molecule has 1 aromatic carbocycles. The van der Waals surface area contributed by atoms with E-state index in [0.717, 1.165) is 5.92 Å². The highest BCUT2D eigenvalue weighted by atomic mass is 14.3. The third-order valence-electron chi connectivity index (χ3n) is 6.88. The molecule has 0 amide bonds. The molecule has 4 aliphatic carbocycles. The molecule has 0 fully saturated rings. The van der Waals surface area contributed by atoms with Crippen LogP contribution >= 0.6 is 0 Å². The van der Waals surface area contributed by atoms with E-state index < -0.39 is 0 Å². The maximum atomic E-state index is 2.44. The van der Waals surface area contributed by atoms with E-state index in [1.54, 1.807) is 33.4 Å². The van der Waals surface area contributed by atoms with E-state index in [4.69, 9.17) is 0 Å². The van der Waals surface area contributed by atoms with Gasteiger partial charge in [-0.15, -0.1) is 0 Å². The second-order valence-corrected chi connectivity index (χ2v) is 8.23. The maximum Gasteiger partial charge on any atom is 0.00945 e. The SMILES string of the molecule is C1=CC2=C(CC1)CCC2Cc1ccccc1C1CCC2=C1C=CCC2. The van der Waals surface area contributed by atoms with Crippen LogP contribution in [0.1, 0.15) is 68.4 Å². The summed E-state index contributed by atoms with van der Waals surface area (Å²) in [5.41, 5.74) is 10.1. The molecule has 0 spiro atoms. The van der Waals surface area contributed by atoms with Crippen LogP contribution in [0, 0.1) is 5.92 Å². The van der Waals surface area contributed by atoms with E-state index in [1.165, 1.54) is 57.8 Å². The predicted octanol–water partition coefficient (Wildman–Crippen LogP) is 6.81. The van der Waals surface area contributed by atoms with Crippen LogP contribution < -0.4 is 0 Å². The fourth-order valence-electron chi connectivity index (χ4n) is 5.62. The standard InChI is InChI=1S/C25H28/c1-4-10-22-18(7-1)13-14-21(22)17-20-9-3-6-12-24(20)25-16-15-19-8-2-5-11-23(19)25/h3-6,9-12,21,25H,1-2,7-8,13-17H2. The van der Waals surface area contributed by atoms with Crippen molar-refractivity contribution in [2.75, 3.05) is 0 Å². The number of benzene rings is 1. The van der Waals surface area contributed by atoms with E-state index in [9.17, 15) is 0 Å². The Balaban J connectivity index is 1.44. The highest BCUT2D eigenvalue weighted by Gasteiger charge is 2.30. The predicted molar refractivity (Wildman–Crippen MR) is 106 cm³/mol. The molecule has 0 radical (unpaired) electrons. The van der Waals surface area contributed by atoms with Crippen LogP contribution in [0.25, 0.3) is 0 Å².